The third kappa shape index (κ3) is 2.76. The van der Waals surface area contributed by atoms with E-state index in [1.165, 1.54) is 6.20 Å². The first-order chi connectivity index (χ1) is 10.2. The van der Waals surface area contributed by atoms with Crippen molar-refractivity contribution in [2.75, 3.05) is 6.79 Å². The Kier molecular flexibility index (Phi) is 3.38. The summed E-state index contributed by atoms with van der Waals surface area (Å²) in [5, 5.41) is 0. The Balaban J connectivity index is 1.63. The van der Waals surface area contributed by atoms with Gasteiger partial charge in [0.25, 0.3) is 11.8 Å². The van der Waals surface area contributed by atoms with E-state index in [9.17, 15) is 9.59 Å². The van der Waals surface area contributed by atoms with Gasteiger partial charge < -0.3 is 9.47 Å². The monoisotopic (exact) mass is 285 g/mol. The fourth-order valence-electron chi connectivity index (χ4n) is 1.78. The second-order valence-corrected chi connectivity index (χ2v) is 4.19. The molecule has 0 fully saturated rings. The van der Waals surface area contributed by atoms with Crippen LogP contribution in [0.25, 0.3) is 0 Å². The molecule has 2 heterocycles. The molecule has 3 rings (SSSR count). The molecule has 1 aliphatic heterocycles. The van der Waals surface area contributed by atoms with E-state index in [4.69, 9.17) is 9.47 Å². The number of fused-ring (bicyclic) bond motifs is 1. The molecule has 2 aromatic rings. The lowest BCUT2D eigenvalue weighted by Crippen LogP contribution is -2.41. The molecule has 1 aromatic carbocycles. The first-order valence-electron chi connectivity index (χ1n) is 6.15. The Morgan fingerprint density at radius 1 is 1.00 bits per heavy atom. The minimum atomic E-state index is -0.496. The largest absolute Gasteiger partial charge is 0.454 e. The second-order valence-electron chi connectivity index (χ2n) is 4.19. The summed E-state index contributed by atoms with van der Waals surface area (Å²) in [4.78, 5) is 27.5. The number of hydrogen-bond acceptors (Lipinski definition) is 5. The van der Waals surface area contributed by atoms with Gasteiger partial charge in [-0.2, -0.15) is 0 Å². The van der Waals surface area contributed by atoms with E-state index >= 15 is 0 Å². The fraction of sp³-hybridized carbons (Fsp3) is 0.0714. The van der Waals surface area contributed by atoms with Gasteiger partial charge in [-0.15, -0.1) is 0 Å². The first-order valence-corrected chi connectivity index (χ1v) is 6.15. The normalized spacial score (nSPS) is 11.8. The van der Waals surface area contributed by atoms with E-state index in [2.05, 4.69) is 15.8 Å². The summed E-state index contributed by atoms with van der Waals surface area (Å²) < 4.78 is 10.3. The molecule has 0 saturated heterocycles. The van der Waals surface area contributed by atoms with Crippen LogP contribution in [0.4, 0.5) is 0 Å². The zero-order valence-corrected chi connectivity index (χ0v) is 10.8. The Bertz CT molecular complexity index is 688. The van der Waals surface area contributed by atoms with Crippen LogP contribution >= 0.6 is 0 Å². The number of nitrogens with zero attached hydrogens (tertiary/aromatic N) is 1. The Morgan fingerprint density at radius 2 is 1.81 bits per heavy atom. The SMILES string of the molecule is O=C(NNC(=O)c1ccccn1)c1ccc2c(c1)OCO2. The summed E-state index contributed by atoms with van der Waals surface area (Å²) in [5.74, 6) is 0.130. The van der Waals surface area contributed by atoms with Crippen LogP contribution in [0.2, 0.25) is 0 Å². The van der Waals surface area contributed by atoms with E-state index in [0.29, 0.717) is 17.1 Å². The number of carbonyl (C=O) groups excluding carboxylic acids is 2. The van der Waals surface area contributed by atoms with Crippen LogP contribution in [0.5, 0.6) is 11.5 Å². The molecule has 0 aliphatic carbocycles. The smallest absolute Gasteiger partial charge is 0.288 e. The molecular weight excluding hydrogens is 274 g/mol. The highest BCUT2D eigenvalue weighted by Gasteiger charge is 2.16. The quantitative estimate of drug-likeness (QED) is 0.800. The molecule has 0 saturated carbocycles. The number of amides is 2. The minimum absolute atomic E-state index is 0.136. The van der Waals surface area contributed by atoms with Crippen molar-refractivity contribution in [3.8, 4) is 11.5 Å². The maximum atomic E-state index is 11.9. The average Bonchev–Trinajstić information content (AvgIpc) is 3.00. The number of aromatic nitrogens is 1. The standard InChI is InChI=1S/C14H11N3O4/c18-13(9-4-5-11-12(7-9)21-8-20-11)16-17-14(19)10-3-1-2-6-15-10/h1-7H,8H2,(H,16,18)(H,17,19). The predicted octanol–water partition coefficient (Wildman–Crippen LogP) is 0.885. The summed E-state index contributed by atoms with van der Waals surface area (Å²) in [5.41, 5.74) is 5.16. The van der Waals surface area contributed by atoms with Gasteiger partial charge in [-0.3, -0.25) is 25.4 Å². The van der Waals surface area contributed by atoms with Crippen molar-refractivity contribution in [1.29, 1.82) is 0 Å². The van der Waals surface area contributed by atoms with E-state index in [-0.39, 0.29) is 12.5 Å². The molecule has 21 heavy (non-hydrogen) atoms. The number of nitrogens with one attached hydrogen (secondary N) is 2. The van der Waals surface area contributed by atoms with Crippen molar-refractivity contribution in [1.82, 2.24) is 15.8 Å². The Hall–Kier alpha value is -3.09. The van der Waals surface area contributed by atoms with Crippen LogP contribution in [0.3, 0.4) is 0 Å². The van der Waals surface area contributed by atoms with Crippen molar-refractivity contribution < 1.29 is 19.1 Å². The van der Waals surface area contributed by atoms with Gasteiger partial charge in [-0.25, -0.2) is 0 Å². The third-order valence-corrected chi connectivity index (χ3v) is 2.82. The van der Waals surface area contributed by atoms with Gasteiger partial charge in [0.2, 0.25) is 6.79 Å². The third-order valence-electron chi connectivity index (χ3n) is 2.82. The van der Waals surface area contributed by atoms with Crippen LogP contribution < -0.4 is 20.3 Å². The van der Waals surface area contributed by atoms with E-state index in [1.54, 1.807) is 36.4 Å². The molecule has 2 amide bonds. The van der Waals surface area contributed by atoms with Crippen molar-refractivity contribution in [2.24, 2.45) is 0 Å². The molecule has 0 bridgehead atoms. The van der Waals surface area contributed by atoms with Crippen molar-refractivity contribution >= 4 is 11.8 Å². The molecular formula is C14H11N3O4. The fourth-order valence-corrected chi connectivity index (χ4v) is 1.78. The zero-order valence-electron chi connectivity index (χ0n) is 10.8. The van der Waals surface area contributed by atoms with Gasteiger partial charge in [0.1, 0.15) is 5.69 Å². The summed E-state index contributed by atoms with van der Waals surface area (Å²) in [6, 6.07) is 9.68. The van der Waals surface area contributed by atoms with Crippen LogP contribution in [0, 0.1) is 0 Å². The van der Waals surface area contributed by atoms with E-state index in [0.717, 1.165) is 0 Å². The van der Waals surface area contributed by atoms with E-state index < -0.39 is 11.8 Å². The topological polar surface area (TPSA) is 89.6 Å². The lowest BCUT2D eigenvalue weighted by atomic mass is 10.2. The Labute approximate surface area is 119 Å². The van der Waals surface area contributed by atoms with Gasteiger partial charge in [0.05, 0.1) is 0 Å². The van der Waals surface area contributed by atoms with Crippen molar-refractivity contribution in [3.63, 3.8) is 0 Å². The maximum Gasteiger partial charge on any atom is 0.288 e. The van der Waals surface area contributed by atoms with Crippen LogP contribution in [0.1, 0.15) is 20.8 Å². The molecule has 1 aliphatic rings. The molecule has 7 heteroatoms. The number of benzene rings is 1. The Morgan fingerprint density at radius 3 is 2.62 bits per heavy atom. The minimum Gasteiger partial charge on any atom is -0.454 e. The molecule has 106 valence electrons. The number of rotatable bonds is 2. The average molecular weight is 285 g/mol. The van der Waals surface area contributed by atoms with Crippen molar-refractivity contribution in [3.05, 3.63) is 53.9 Å². The highest BCUT2D eigenvalue weighted by atomic mass is 16.7. The number of ether oxygens (including phenoxy) is 2. The van der Waals surface area contributed by atoms with Crippen LogP contribution in [0.15, 0.2) is 42.6 Å². The van der Waals surface area contributed by atoms with Crippen molar-refractivity contribution in [2.45, 2.75) is 0 Å². The predicted molar refractivity (Wildman–Crippen MR) is 71.7 cm³/mol. The second kappa shape index (κ2) is 5.49. The summed E-state index contributed by atoms with van der Waals surface area (Å²) in [7, 11) is 0. The molecule has 0 atom stereocenters. The highest BCUT2D eigenvalue weighted by Crippen LogP contribution is 2.32. The zero-order chi connectivity index (χ0) is 14.7. The molecule has 1 aromatic heterocycles. The molecule has 7 nitrogen and oxygen atoms in total. The lowest BCUT2D eigenvalue weighted by Gasteiger charge is -2.07. The highest BCUT2D eigenvalue weighted by molar-refractivity contribution is 5.98. The number of pyridine rings is 1. The van der Waals surface area contributed by atoms with Crippen LogP contribution in [-0.2, 0) is 0 Å². The van der Waals surface area contributed by atoms with Gasteiger partial charge in [0.15, 0.2) is 11.5 Å². The van der Waals surface area contributed by atoms with Crippen LogP contribution in [-0.4, -0.2) is 23.6 Å². The lowest BCUT2D eigenvalue weighted by molar-refractivity contribution is 0.0844. The number of hydrogen-bond donors (Lipinski definition) is 2. The molecule has 0 radical (unpaired) electrons. The maximum absolute atomic E-state index is 11.9. The number of carbonyl (C=O) groups is 2. The summed E-state index contributed by atoms with van der Waals surface area (Å²) in [6.07, 6.45) is 1.49. The molecule has 0 spiro atoms. The first kappa shape index (κ1) is 12.9. The summed E-state index contributed by atoms with van der Waals surface area (Å²) >= 11 is 0. The molecule has 2 N–H and O–H groups in total. The van der Waals surface area contributed by atoms with Gasteiger partial charge in [-0.05, 0) is 30.3 Å². The summed E-state index contributed by atoms with van der Waals surface area (Å²) in [6.45, 7) is 0.136. The van der Waals surface area contributed by atoms with Gasteiger partial charge in [-0.1, -0.05) is 6.07 Å². The van der Waals surface area contributed by atoms with E-state index in [1.807, 2.05) is 0 Å². The van der Waals surface area contributed by atoms with Gasteiger partial charge in [0, 0.05) is 11.8 Å². The van der Waals surface area contributed by atoms with Gasteiger partial charge >= 0.3 is 0 Å². The number of hydrazine groups is 1. The molecule has 0 unspecified atom stereocenters.